The van der Waals surface area contributed by atoms with Crippen LogP contribution in [0.2, 0.25) is 0 Å². The number of rotatable bonds is 6. The van der Waals surface area contributed by atoms with Crippen molar-refractivity contribution in [2.75, 3.05) is 11.4 Å². The Morgan fingerprint density at radius 3 is 2.52 bits per heavy atom. The van der Waals surface area contributed by atoms with E-state index >= 15 is 0 Å². The van der Waals surface area contributed by atoms with Crippen molar-refractivity contribution >= 4 is 23.1 Å². The topological polar surface area (TPSA) is 46.6 Å². The first kappa shape index (κ1) is 18.5. The van der Waals surface area contributed by atoms with Gasteiger partial charge in [-0.1, -0.05) is 48.4 Å². The minimum Gasteiger partial charge on any atom is -0.425 e. The first-order valence-corrected chi connectivity index (χ1v) is 8.97. The van der Waals surface area contributed by atoms with E-state index in [1.54, 1.807) is 18.2 Å². The maximum Gasteiger partial charge on any atom is 0.320 e. The second-order valence-corrected chi connectivity index (χ2v) is 6.29. The lowest BCUT2D eigenvalue weighted by molar-refractivity contribution is -0.137. The van der Waals surface area contributed by atoms with Crippen molar-refractivity contribution in [1.82, 2.24) is 0 Å². The quantitative estimate of drug-likeness (QED) is 0.336. The smallest absolute Gasteiger partial charge is 0.320 e. The Morgan fingerprint density at radius 1 is 1.07 bits per heavy atom. The van der Waals surface area contributed by atoms with Gasteiger partial charge in [-0.15, -0.1) is 6.42 Å². The minimum absolute atomic E-state index is 0.0968. The molecule has 4 heteroatoms. The Bertz CT molecular complexity index is 893. The molecule has 0 bridgehead atoms. The lowest BCUT2D eigenvalue weighted by atomic mass is 10.0. The van der Waals surface area contributed by atoms with Crippen LogP contribution in [0, 0.1) is 12.3 Å². The van der Waals surface area contributed by atoms with Gasteiger partial charge in [-0.3, -0.25) is 9.59 Å². The first-order chi connectivity index (χ1) is 13.2. The van der Waals surface area contributed by atoms with Crippen LogP contribution in [-0.4, -0.2) is 18.4 Å². The largest absolute Gasteiger partial charge is 0.425 e. The molecule has 1 aliphatic rings. The van der Waals surface area contributed by atoms with Crippen LogP contribution < -0.4 is 9.64 Å². The molecule has 136 valence electrons. The van der Waals surface area contributed by atoms with Gasteiger partial charge in [0.1, 0.15) is 12.2 Å². The third-order valence-corrected chi connectivity index (χ3v) is 4.41. The molecule has 0 aliphatic heterocycles. The number of ether oxygens (including phenoxy) is 1. The standard InChI is InChI=1S/C23H21NO3/c1-2-16-24(19-12-4-3-5-13-19)22(25)17-23(26)27-21-15-9-8-14-20(21)18-10-6-7-11-18/h1,3-5,8-10,12-15H,6-7,11,16-17H2. The zero-order valence-electron chi connectivity index (χ0n) is 15.1. The van der Waals surface area contributed by atoms with E-state index in [1.807, 2.05) is 36.4 Å². The van der Waals surface area contributed by atoms with Crippen molar-refractivity contribution in [2.45, 2.75) is 25.7 Å². The molecule has 2 aromatic rings. The first-order valence-electron chi connectivity index (χ1n) is 8.97. The van der Waals surface area contributed by atoms with Crippen LogP contribution in [0.15, 0.2) is 60.7 Å². The summed E-state index contributed by atoms with van der Waals surface area (Å²) >= 11 is 0. The number of para-hydroxylation sites is 2. The summed E-state index contributed by atoms with van der Waals surface area (Å²) in [6.45, 7) is 0.0968. The number of benzene rings is 2. The summed E-state index contributed by atoms with van der Waals surface area (Å²) in [5, 5.41) is 0. The Balaban J connectivity index is 1.70. The maximum absolute atomic E-state index is 12.6. The van der Waals surface area contributed by atoms with E-state index in [9.17, 15) is 9.59 Å². The van der Waals surface area contributed by atoms with E-state index in [0.29, 0.717) is 11.4 Å². The molecule has 0 heterocycles. The summed E-state index contributed by atoms with van der Waals surface area (Å²) in [7, 11) is 0. The van der Waals surface area contributed by atoms with Crippen LogP contribution in [0.25, 0.3) is 5.57 Å². The minimum atomic E-state index is -0.594. The van der Waals surface area contributed by atoms with Gasteiger partial charge in [-0.2, -0.15) is 0 Å². The molecule has 3 rings (SSSR count). The lowest BCUT2D eigenvalue weighted by Crippen LogP contribution is -2.33. The van der Waals surface area contributed by atoms with E-state index < -0.39 is 5.97 Å². The predicted octanol–water partition coefficient (Wildman–Crippen LogP) is 4.22. The molecule has 27 heavy (non-hydrogen) atoms. The number of carbonyl (C=O) groups excluding carboxylic acids is 2. The van der Waals surface area contributed by atoms with Gasteiger partial charge in [-0.05, 0) is 43.0 Å². The number of nitrogens with zero attached hydrogens (tertiary/aromatic N) is 1. The number of hydrogen-bond acceptors (Lipinski definition) is 3. The number of carbonyl (C=O) groups is 2. The molecule has 0 saturated carbocycles. The summed E-state index contributed by atoms with van der Waals surface area (Å²) in [6.07, 6.45) is 10.3. The molecule has 0 unspecified atom stereocenters. The molecule has 4 nitrogen and oxygen atoms in total. The summed E-state index contributed by atoms with van der Waals surface area (Å²) in [5.74, 6) is 1.97. The van der Waals surface area contributed by atoms with Crippen molar-refractivity contribution in [3.63, 3.8) is 0 Å². The highest BCUT2D eigenvalue weighted by Gasteiger charge is 2.21. The van der Waals surface area contributed by atoms with Crippen LogP contribution in [-0.2, 0) is 9.59 Å². The second kappa shape index (κ2) is 8.86. The number of hydrogen-bond donors (Lipinski definition) is 0. The molecule has 0 aromatic heterocycles. The highest BCUT2D eigenvalue weighted by atomic mass is 16.5. The van der Waals surface area contributed by atoms with Crippen LogP contribution in [0.5, 0.6) is 5.75 Å². The molecular formula is C23H21NO3. The van der Waals surface area contributed by atoms with Gasteiger partial charge in [0.25, 0.3) is 0 Å². The van der Waals surface area contributed by atoms with Crippen molar-refractivity contribution in [2.24, 2.45) is 0 Å². The zero-order chi connectivity index (χ0) is 19.1. The SMILES string of the molecule is C#CCN(C(=O)CC(=O)Oc1ccccc1C1=CCCC1)c1ccccc1. The Hall–Kier alpha value is -3.32. The van der Waals surface area contributed by atoms with Gasteiger partial charge in [0, 0.05) is 11.3 Å². The number of anilines is 1. The molecule has 0 spiro atoms. The lowest BCUT2D eigenvalue weighted by Gasteiger charge is -2.20. The fourth-order valence-corrected chi connectivity index (χ4v) is 3.14. The third-order valence-electron chi connectivity index (χ3n) is 4.41. The number of allylic oxidation sites excluding steroid dienone is 2. The number of esters is 1. The Morgan fingerprint density at radius 2 is 1.81 bits per heavy atom. The van der Waals surface area contributed by atoms with Crippen LogP contribution >= 0.6 is 0 Å². The second-order valence-electron chi connectivity index (χ2n) is 6.29. The van der Waals surface area contributed by atoms with E-state index in [-0.39, 0.29) is 18.9 Å². The average molecular weight is 359 g/mol. The summed E-state index contributed by atoms with van der Waals surface area (Å²) < 4.78 is 5.51. The van der Waals surface area contributed by atoms with Gasteiger partial charge < -0.3 is 9.64 Å². The van der Waals surface area contributed by atoms with Crippen molar-refractivity contribution in [1.29, 1.82) is 0 Å². The highest BCUT2D eigenvalue weighted by molar-refractivity contribution is 6.04. The monoisotopic (exact) mass is 359 g/mol. The molecule has 1 aliphatic carbocycles. The van der Waals surface area contributed by atoms with Gasteiger partial charge in [0.05, 0.1) is 6.54 Å². The fourth-order valence-electron chi connectivity index (χ4n) is 3.14. The third kappa shape index (κ3) is 4.65. The molecule has 0 radical (unpaired) electrons. The summed E-state index contributed by atoms with van der Waals surface area (Å²) in [5.41, 5.74) is 2.76. The maximum atomic E-state index is 12.6. The predicted molar refractivity (Wildman–Crippen MR) is 106 cm³/mol. The van der Waals surface area contributed by atoms with Crippen LogP contribution in [0.3, 0.4) is 0 Å². The fraction of sp³-hybridized carbons (Fsp3) is 0.217. The average Bonchev–Trinajstić information content (AvgIpc) is 3.21. The van der Waals surface area contributed by atoms with E-state index in [4.69, 9.17) is 11.2 Å². The summed E-state index contributed by atoms with van der Waals surface area (Å²) in [6, 6.07) is 16.5. The number of terminal acetylenes is 1. The normalized spacial score (nSPS) is 12.8. The zero-order valence-corrected chi connectivity index (χ0v) is 15.1. The molecule has 0 fully saturated rings. The molecule has 2 aromatic carbocycles. The highest BCUT2D eigenvalue weighted by Crippen LogP contribution is 2.33. The van der Waals surface area contributed by atoms with Gasteiger partial charge >= 0.3 is 5.97 Å². The van der Waals surface area contributed by atoms with Gasteiger partial charge in [0.15, 0.2) is 0 Å². The van der Waals surface area contributed by atoms with E-state index in [0.717, 1.165) is 24.8 Å². The van der Waals surface area contributed by atoms with Crippen LogP contribution in [0.4, 0.5) is 5.69 Å². The van der Waals surface area contributed by atoms with E-state index in [1.165, 1.54) is 10.5 Å². The molecule has 0 saturated heterocycles. The molecular weight excluding hydrogens is 338 g/mol. The Labute approximate surface area is 159 Å². The Kier molecular flexibility index (Phi) is 6.06. The van der Waals surface area contributed by atoms with Gasteiger partial charge in [0.2, 0.25) is 5.91 Å². The van der Waals surface area contributed by atoms with Gasteiger partial charge in [-0.25, -0.2) is 0 Å². The van der Waals surface area contributed by atoms with Crippen LogP contribution in [0.1, 0.15) is 31.2 Å². The number of amides is 1. The van der Waals surface area contributed by atoms with E-state index in [2.05, 4.69) is 12.0 Å². The summed E-state index contributed by atoms with van der Waals surface area (Å²) in [4.78, 5) is 26.4. The molecule has 0 atom stereocenters. The molecule has 1 amide bonds. The molecule has 0 N–H and O–H groups in total. The van der Waals surface area contributed by atoms with Crippen molar-refractivity contribution < 1.29 is 14.3 Å². The van der Waals surface area contributed by atoms with Crippen molar-refractivity contribution in [3.8, 4) is 18.1 Å². The van der Waals surface area contributed by atoms with Crippen molar-refractivity contribution in [3.05, 3.63) is 66.2 Å².